The number of hydrogen-bond acceptors (Lipinski definition) is 3. The van der Waals surface area contributed by atoms with Crippen LogP contribution in [0, 0.1) is 0 Å². The van der Waals surface area contributed by atoms with Crippen molar-refractivity contribution < 1.29 is 19.4 Å². The minimum absolute atomic E-state index is 0.498. The van der Waals surface area contributed by atoms with Crippen molar-refractivity contribution in [3.05, 3.63) is 23.8 Å². The van der Waals surface area contributed by atoms with Crippen molar-refractivity contribution in [3.63, 3.8) is 0 Å². The van der Waals surface area contributed by atoms with E-state index in [1.54, 1.807) is 6.92 Å². The average molecular weight is 170 g/mol. The van der Waals surface area contributed by atoms with Crippen molar-refractivity contribution >= 4 is 11.9 Å². The van der Waals surface area contributed by atoms with Crippen LogP contribution in [-0.4, -0.2) is 24.2 Å². The fourth-order valence-electron chi connectivity index (χ4n) is 0.496. The predicted octanol–water partition coefficient (Wildman–Crippen LogP) is 0.746. The van der Waals surface area contributed by atoms with Gasteiger partial charge in [0.1, 0.15) is 0 Å². The summed E-state index contributed by atoms with van der Waals surface area (Å²) in [5.41, 5.74) is 0.532. The molecule has 0 saturated heterocycles. The first-order valence-electron chi connectivity index (χ1n) is 3.23. The Labute approximate surface area is 70.1 Å². The molecular formula is C8H10O4. The first-order valence-corrected chi connectivity index (χ1v) is 3.23. The van der Waals surface area contributed by atoms with E-state index in [0.29, 0.717) is 5.57 Å². The Kier molecular flexibility index (Phi) is 4.45. The van der Waals surface area contributed by atoms with Crippen LogP contribution in [0.4, 0.5) is 0 Å². The van der Waals surface area contributed by atoms with E-state index >= 15 is 0 Å². The van der Waals surface area contributed by atoms with Crippen LogP contribution in [0.1, 0.15) is 6.92 Å². The highest BCUT2D eigenvalue weighted by Gasteiger charge is 1.93. The molecule has 4 nitrogen and oxygen atoms in total. The van der Waals surface area contributed by atoms with Crippen LogP contribution in [0.15, 0.2) is 23.8 Å². The molecule has 0 aromatic heterocycles. The summed E-state index contributed by atoms with van der Waals surface area (Å²) in [4.78, 5) is 20.6. The molecule has 0 bridgehead atoms. The van der Waals surface area contributed by atoms with Gasteiger partial charge in [-0.15, -0.1) is 0 Å². The zero-order valence-electron chi connectivity index (χ0n) is 6.90. The summed E-state index contributed by atoms with van der Waals surface area (Å²) in [6.07, 6.45) is 3.48. The molecule has 4 heteroatoms. The Morgan fingerprint density at radius 1 is 1.33 bits per heavy atom. The molecule has 0 amide bonds. The first-order chi connectivity index (χ1) is 5.56. The molecule has 0 saturated carbocycles. The highest BCUT2D eigenvalue weighted by atomic mass is 16.5. The van der Waals surface area contributed by atoms with Crippen molar-refractivity contribution in [3.8, 4) is 0 Å². The molecule has 0 unspecified atom stereocenters. The molecular weight excluding hydrogens is 160 g/mol. The number of hydrogen-bond donors (Lipinski definition) is 1. The van der Waals surface area contributed by atoms with Gasteiger partial charge in [-0.25, -0.2) is 9.59 Å². The molecule has 0 heterocycles. The molecule has 12 heavy (non-hydrogen) atoms. The number of esters is 1. The summed E-state index contributed by atoms with van der Waals surface area (Å²) in [5.74, 6) is -1.55. The maximum absolute atomic E-state index is 10.6. The highest BCUT2D eigenvalue weighted by molar-refractivity contribution is 5.84. The smallest absolute Gasteiger partial charge is 0.330 e. The second kappa shape index (κ2) is 5.12. The third-order valence-electron chi connectivity index (χ3n) is 1.04. The van der Waals surface area contributed by atoms with Crippen molar-refractivity contribution in [2.75, 3.05) is 7.11 Å². The van der Waals surface area contributed by atoms with Crippen molar-refractivity contribution in [2.24, 2.45) is 0 Å². The van der Waals surface area contributed by atoms with Crippen LogP contribution >= 0.6 is 0 Å². The summed E-state index contributed by atoms with van der Waals surface area (Å²) >= 11 is 0. The topological polar surface area (TPSA) is 63.6 Å². The molecule has 66 valence electrons. The van der Waals surface area contributed by atoms with Crippen LogP contribution in [0.2, 0.25) is 0 Å². The van der Waals surface area contributed by atoms with Gasteiger partial charge in [0, 0.05) is 12.2 Å². The number of carboxylic acid groups (broad SMARTS) is 1. The molecule has 0 aliphatic rings. The summed E-state index contributed by atoms with van der Waals surface area (Å²) in [6.45, 7) is 1.61. The van der Waals surface area contributed by atoms with Gasteiger partial charge in [0.25, 0.3) is 0 Å². The fourth-order valence-corrected chi connectivity index (χ4v) is 0.496. The Morgan fingerprint density at radius 3 is 2.33 bits per heavy atom. The van der Waals surface area contributed by atoms with Gasteiger partial charge in [-0.3, -0.25) is 0 Å². The number of carbonyl (C=O) groups is 2. The monoisotopic (exact) mass is 170 g/mol. The number of rotatable bonds is 3. The number of carboxylic acids is 1. The molecule has 1 N–H and O–H groups in total. The van der Waals surface area contributed by atoms with Gasteiger partial charge in [-0.05, 0) is 12.5 Å². The minimum Gasteiger partial charge on any atom is -0.478 e. The zero-order chi connectivity index (χ0) is 9.56. The van der Waals surface area contributed by atoms with E-state index in [9.17, 15) is 9.59 Å². The van der Waals surface area contributed by atoms with Crippen LogP contribution in [0.5, 0.6) is 0 Å². The van der Waals surface area contributed by atoms with Gasteiger partial charge in [-0.1, -0.05) is 6.08 Å². The van der Waals surface area contributed by atoms with E-state index in [1.807, 2.05) is 0 Å². The maximum Gasteiger partial charge on any atom is 0.330 e. The van der Waals surface area contributed by atoms with Gasteiger partial charge in [0.05, 0.1) is 7.11 Å². The number of carbonyl (C=O) groups excluding carboxylic acids is 1. The summed E-state index contributed by atoms with van der Waals surface area (Å²) in [5, 5.41) is 8.22. The van der Waals surface area contributed by atoms with Crippen molar-refractivity contribution in [1.29, 1.82) is 0 Å². The van der Waals surface area contributed by atoms with Gasteiger partial charge >= 0.3 is 11.9 Å². The van der Waals surface area contributed by atoms with Crippen LogP contribution in [0.3, 0.4) is 0 Å². The number of aliphatic carboxylic acids is 1. The lowest BCUT2D eigenvalue weighted by Gasteiger charge is -1.91. The Hall–Kier alpha value is -1.58. The second-order valence-electron chi connectivity index (χ2n) is 2.08. The molecule has 0 radical (unpaired) electrons. The lowest BCUT2D eigenvalue weighted by molar-refractivity contribution is -0.135. The maximum atomic E-state index is 10.6. The number of methoxy groups -OCH3 is 1. The predicted molar refractivity (Wildman–Crippen MR) is 42.5 cm³/mol. The van der Waals surface area contributed by atoms with Crippen LogP contribution < -0.4 is 0 Å². The van der Waals surface area contributed by atoms with E-state index in [0.717, 1.165) is 6.08 Å². The van der Waals surface area contributed by atoms with Crippen LogP contribution in [-0.2, 0) is 14.3 Å². The molecule has 0 rings (SSSR count). The van der Waals surface area contributed by atoms with E-state index in [-0.39, 0.29) is 0 Å². The summed E-state index contributed by atoms with van der Waals surface area (Å²) < 4.78 is 4.33. The van der Waals surface area contributed by atoms with E-state index in [4.69, 9.17) is 5.11 Å². The quantitative estimate of drug-likeness (QED) is 0.385. The molecule has 0 spiro atoms. The van der Waals surface area contributed by atoms with Gasteiger partial charge in [-0.2, -0.15) is 0 Å². The van der Waals surface area contributed by atoms with Gasteiger partial charge < -0.3 is 9.84 Å². The van der Waals surface area contributed by atoms with E-state index in [2.05, 4.69) is 4.74 Å². The zero-order valence-corrected chi connectivity index (χ0v) is 6.90. The Bertz CT molecular complexity index is 237. The third-order valence-corrected chi connectivity index (χ3v) is 1.04. The molecule has 0 atom stereocenters. The Morgan fingerprint density at radius 2 is 1.92 bits per heavy atom. The Balaban J connectivity index is 4.20. The summed E-state index contributed by atoms with van der Waals surface area (Å²) in [6, 6.07) is 0. The molecule has 0 aromatic rings. The van der Waals surface area contributed by atoms with Crippen molar-refractivity contribution in [1.82, 2.24) is 0 Å². The molecule has 0 aromatic carbocycles. The molecule has 0 aliphatic carbocycles. The van der Waals surface area contributed by atoms with Gasteiger partial charge in [0.2, 0.25) is 0 Å². The van der Waals surface area contributed by atoms with Crippen molar-refractivity contribution in [2.45, 2.75) is 6.92 Å². The fraction of sp³-hybridized carbons (Fsp3) is 0.250. The lowest BCUT2D eigenvalue weighted by Crippen LogP contribution is -1.95. The normalized spacial score (nSPS) is 11.7. The standard InChI is InChI=1S/C8H10O4/c1-6(3-4-7(9)10)5-8(11)12-2/h3-5H,1-2H3,(H,9,10)/b4-3-,6-5-. The summed E-state index contributed by atoms with van der Waals surface area (Å²) in [7, 11) is 1.26. The van der Waals surface area contributed by atoms with E-state index < -0.39 is 11.9 Å². The number of allylic oxidation sites excluding steroid dienone is 2. The third kappa shape index (κ3) is 5.22. The number of ether oxygens (including phenoxy) is 1. The van der Waals surface area contributed by atoms with Crippen LogP contribution in [0.25, 0.3) is 0 Å². The SMILES string of the molecule is COC(=O)/C=C(C)\C=C/C(=O)O. The highest BCUT2D eigenvalue weighted by Crippen LogP contribution is 1.95. The lowest BCUT2D eigenvalue weighted by atomic mass is 10.2. The minimum atomic E-state index is -1.05. The largest absolute Gasteiger partial charge is 0.478 e. The van der Waals surface area contributed by atoms with Gasteiger partial charge in [0.15, 0.2) is 0 Å². The molecule has 0 aliphatic heterocycles. The second-order valence-corrected chi connectivity index (χ2v) is 2.08. The average Bonchev–Trinajstić information content (AvgIpc) is 2.00. The van der Waals surface area contributed by atoms with E-state index in [1.165, 1.54) is 19.3 Å². The molecule has 0 fully saturated rings. The first kappa shape index (κ1) is 10.4.